The van der Waals surface area contributed by atoms with E-state index in [1.165, 1.54) is 0 Å². The number of hydrogen-bond donors (Lipinski definition) is 0. The summed E-state index contributed by atoms with van der Waals surface area (Å²) in [5, 5.41) is 0.756. The quantitative estimate of drug-likeness (QED) is 0.686. The zero-order valence-corrected chi connectivity index (χ0v) is 13.6. The molecule has 0 atom stereocenters. The first-order valence-corrected chi connectivity index (χ1v) is 8.11. The van der Waals surface area contributed by atoms with Gasteiger partial charge in [-0.2, -0.15) is 0 Å². The fourth-order valence-electron chi connectivity index (χ4n) is 2.97. The first kappa shape index (κ1) is 14.2. The number of aromatic nitrogens is 2. The number of rotatable bonds is 2. The topological polar surface area (TPSA) is 30.2 Å². The Morgan fingerprint density at radius 3 is 2.83 bits per heavy atom. The van der Waals surface area contributed by atoms with Crippen LogP contribution in [0.25, 0.3) is 5.69 Å². The van der Waals surface area contributed by atoms with Gasteiger partial charge in [-0.05, 0) is 42.8 Å². The normalized spacial score (nSPS) is 13.0. The van der Waals surface area contributed by atoms with Crippen LogP contribution in [0.1, 0.15) is 29.4 Å². The fraction of sp³-hybridized carbons (Fsp3) is 0.158. The van der Waals surface area contributed by atoms with E-state index < -0.39 is 0 Å². The third-order valence-electron chi connectivity index (χ3n) is 4.20. The van der Waals surface area contributed by atoms with Crippen molar-refractivity contribution in [2.24, 2.45) is 4.99 Å². The Hall–Kier alpha value is -2.39. The molecule has 2 aromatic heterocycles. The van der Waals surface area contributed by atoms with Crippen molar-refractivity contribution in [1.82, 2.24) is 9.55 Å². The minimum atomic E-state index is 0.571. The largest absolute Gasteiger partial charge is 0.315 e. The number of aliphatic imine (C=N–C) groups is 1. The molecule has 0 spiro atoms. The van der Waals surface area contributed by atoms with Crippen molar-refractivity contribution in [1.29, 1.82) is 0 Å². The van der Waals surface area contributed by atoms with Crippen molar-refractivity contribution in [3.05, 3.63) is 82.4 Å². The van der Waals surface area contributed by atoms with Gasteiger partial charge in [-0.25, -0.2) is 0 Å². The molecule has 3 aromatic rings. The Morgan fingerprint density at radius 1 is 1.13 bits per heavy atom. The van der Waals surface area contributed by atoms with E-state index >= 15 is 0 Å². The van der Waals surface area contributed by atoms with Crippen LogP contribution in [-0.2, 0) is 13.0 Å². The van der Waals surface area contributed by atoms with Gasteiger partial charge in [0.15, 0.2) is 0 Å². The number of halogens is 1. The third kappa shape index (κ3) is 2.37. The number of pyridine rings is 1. The van der Waals surface area contributed by atoms with Crippen LogP contribution >= 0.6 is 11.6 Å². The third-order valence-corrected chi connectivity index (χ3v) is 4.55. The van der Waals surface area contributed by atoms with Gasteiger partial charge >= 0.3 is 0 Å². The molecule has 114 valence electrons. The fourth-order valence-corrected chi connectivity index (χ4v) is 3.19. The molecule has 0 N–H and O–H groups in total. The van der Waals surface area contributed by atoms with Gasteiger partial charge in [0.05, 0.1) is 23.6 Å². The van der Waals surface area contributed by atoms with Gasteiger partial charge in [0.1, 0.15) is 0 Å². The Morgan fingerprint density at radius 2 is 2.04 bits per heavy atom. The highest BCUT2D eigenvalue weighted by Crippen LogP contribution is 2.29. The summed E-state index contributed by atoms with van der Waals surface area (Å²) in [4.78, 5) is 9.35. The summed E-state index contributed by atoms with van der Waals surface area (Å²) in [6.45, 7) is 2.68. The number of benzene rings is 1. The average molecular weight is 322 g/mol. The maximum atomic E-state index is 6.39. The lowest BCUT2D eigenvalue weighted by Gasteiger charge is -2.11. The zero-order chi connectivity index (χ0) is 15.8. The van der Waals surface area contributed by atoms with Gasteiger partial charge in [0.25, 0.3) is 0 Å². The maximum absolute atomic E-state index is 6.39. The summed E-state index contributed by atoms with van der Waals surface area (Å²) in [6.07, 6.45) is 4.90. The van der Waals surface area contributed by atoms with Crippen molar-refractivity contribution in [2.45, 2.75) is 19.9 Å². The molecule has 0 fully saturated rings. The van der Waals surface area contributed by atoms with E-state index in [1.807, 2.05) is 24.4 Å². The molecular weight excluding hydrogens is 306 g/mol. The highest BCUT2D eigenvalue weighted by Gasteiger charge is 2.19. The van der Waals surface area contributed by atoms with E-state index in [4.69, 9.17) is 16.6 Å². The van der Waals surface area contributed by atoms with Crippen LogP contribution in [0.15, 0.2) is 59.9 Å². The molecule has 4 heteroatoms. The van der Waals surface area contributed by atoms with Crippen molar-refractivity contribution in [3.8, 4) is 5.69 Å². The number of fused-ring (bicyclic) bond motifs is 3. The highest BCUT2D eigenvalue weighted by atomic mass is 35.5. The molecule has 4 rings (SSSR count). The number of nitrogens with zero attached hydrogens (tertiary/aromatic N) is 3. The second-order valence-corrected chi connectivity index (χ2v) is 5.96. The van der Waals surface area contributed by atoms with E-state index in [0.717, 1.165) is 45.4 Å². The van der Waals surface area contributed by atoms with Crippen LogP contribution in [0.2, 0.25) is 5.02 Å². The predicted octanol–water partition coefficient (Wildman–Crippen LogP) is 4.44. The van der Waals surface area contributed by atoms with Crippen LogP contribution in [0.5, 0.6) is 0 Å². The Kier molecular flexibility index (Phi) is 3.50. The first-order valence-electron chi connectivity index (χ1n) is 7.73. The summed E-state index contributed by atoms with van der Waals surface area (Å²) in [5.41, 5.74) is 6.29. The summed E-state index contributed by atoms with van der Waals surface area (Å²) < 4.78 is 2.15. The van der Waals surface area contributed by atoms with Crippen LogP contribution in [0.3, 0.4) is 0 Å². The van der Waals surface area contributed by atoms with Gasteiger partial charge in [-0.3, -0.25) is 9.98 Å². The van der Waals surface area contributed by atoms with Crippen molar-refractivity contribution < 1.29 is 0 Å². The van der Waals surface area contributed by atoms with Gasteiger partial charge in [0, 0.05) is 34.2 Å². The van der Waals surface area contributed by atoms with E-state index in [0.29, 0.717) is 6.54 Å². The lowest BCUT2D eigenvalue weighted by Crippen LogP contribution is -2.09. The van der Waals surface area contributed by atoms with Crippen LogP contribution < -0.4 is 0 Å². The summed E-state index contributed by atoms with van der Waals surface area (Å²) in [6, 6.07) is 14.3. The molecule has 1 aliphatic rings. The van der Waals surface area contributed by atoms with Gasteiger partial charge in [-0.1, -0.05) is 24.6 Å². The number of aryl methyl sites for hydroxylation is 1. The second-order valence-electron chi connectivity index (χ2n) is 5.56. The summed E-state index contributed by atoms with van der Waals surface area (Å²) in [5.74, 6) is 0. The van der Waals surface area contributed by atoms with Crippen LogP contribution in [0.4, 0.5) is 0 Å². The first-order chi connectivity index (χ1) is 11.3. The van der Waals surface area contributed by atoms with E-state index in [1.54, 1.807) is 0 Å². The molecule has 0 amide bonds. The highest BCUT2D eigenvalue weighted by molar-refractivity contribution is 6.31. The molecule has 0 radical (unpaired) electrons. The Balaban J connectivity index is 1.89. The molecule has 1 aromatic carbocycles. The predicted molar refractivity (Wildman–Crippen MR) is 93.7 cm³/mol. The molecule has 0 unspecified atom stereocenters. The van der Waals surface area contributed by atoms with Crippen molar-refractivity contribution in [3.63, 3.8) is 0 Å². The van der Waals surface area contributed by atoms with Crippen molar-refractivity contribution >= 4 is 17.3 Å². The van der Waals surface area contributed by atoms with Gasteiger partial charge in [0.2, 0.25) is 0 Å². The lowest BCUT2D eigenvalue weighted by atomic mass is 10.1. The minimum absolute atomic E-state index is 0.571. The van der Waals surface area contributed by atoms with Crippen LogP contribution in [0, 0.1) is 0 Å². The zero-order valence-electron chi connectivity index (χ0n) is 12.8. The SMILES string of the molecule is CCc1ccc(C2=NCc3c(Cl)cccc3-n3cccc32)cn1. The Bertz CT molecular complexity index is 891. The monoisotopic (exact) mass is 321 g/mol. The van der Waals surface area contributed by atoms with E-state index in [9.17, 15) is 0 Å². The average Bonchev–Trinajstić information content (AvgIpc) is 3.00. The minimum Gasteiger partial charge on any atom is -0.315 e. The molecule has 3 heterocycles. The van der Waals surface area contributed by atoms with Crippen LogP contribution in [-0.4, -0.2) is 15.3 Å². The molecule has 23 heavy (non-hydrogen) atoms. The van der Waals surface area contributed by atoms with E-state index in [-0.39, 0.29) is 0 Å². The lowest BCUT2D eigenvalue weighted by molar-refractivity contribution is 1.02. The standard InChI is InChI=1S/C19H16ClN3/c1-2-14-9-8-13(11-21-14)19-18-7-4-10-23(18)17-6-3-5-16(20)15(17)12-22-19/h3-11H,2,12H2,1H3. The summed E-state index contributed by atoms with van der Waals surface area (Å²) >= 11 is 6.39. The molecule has 0 saturated carbocycles. The molecule has 0 bridgehead atoms. The summed E-state index contributed by atoms with van der Waals surface area (Å²) in [7, 11) is 0. The van der Waals surface area contributed by atoms with Gasteiger partial charge < -0.3 is 4.57 Å². The Labute approximate surface area is 140 Å². The maximum Gasteiger partial charge on any atom is 0.0906 e. The molecule has 1 aliphatic heterocycles. The number of hydrogen-bond acceptors (Lipinski definition) is 2. The van der Waals surface area contributed by atoms with Crippen molar-refractivity contribution in [2.75, 3.05) is 0 Å². The smallest absolute Gasteiger partial charge is 0.0906 e. The van der Waals surface area contributed by atoms with Gasteiger partial charge in [-0.15, -0.1) is 0 Å². The molecule has 0 aliphatic carbocycles. The molecule has 0 saturated heterocycles. The second kappa shape index (κ2) is 5.67. The van der Waals surface area contributed by atoms with E-state index in [2.05, 4.69) is 46.9 Å². The molecular formula is C19H16ClN3. The molecule has 3 nitrogen and oxygen atoms in total.